The summed E-state index contributed by atoms with van der Waals surface area (Å²) in [5.74, 6) is -0.00776. The van der Waals surface area contributed by atoms with Crippen LogP contribution in [0.1, 0.15) is 24.4 Å². The number of hydrogen-bond donors (Lipinski definition) is 1. The van der Waals surface area contributed by atoms with E-state index in [4.69, 9.17) is 0 Å². The first-order valence-electron chi connectivity index (χ1n) is 7.65. The summed E-state index contributed by atoms with van der Waals surface area (Å²) < 4.78 is 0.861. The van der Waals surface area contributed by atoms with E-state index >= 15 is 0 Å². The van der Waals surface area contributed by atoms with Crippen molar-refractivity contribution in [2.45, 2.75) is 24.3 Å². The van der Waals surface area contributed by atoms with E-state index in [1.165, 1.54) is 11.2 Å². The van der Waals surface area contributed by atoms with Crippen molar-refractivity contribution in [3.05, 3.63) is 58.7 Å². The second-order valence-corrected chi connectivity index (χ2v) is 7.47. The van der Waals surface area contributed by atoms with E-state index in [9.17, 15) is 5.11 Å². The predicted molar refractivity (Wildman–Crippen MR) is 101 cm³/mol. The van der Waals surface area contributed by atoms with Gasteiger partial charge in [0.15, 0.2) is 0 Å². The van der Waals surface area contributed by atoms with Gasteiger partial charge in [-0.05, 0) is 58.8 Å². The van der Waals surface area contributed by atoms with Gasteiger partial charge >= 0.3 is 0 Å². The van der Waals surface area contributed by atoms with E-state index in [2.05, 4.69) is 49.3 Å². The topological polar surface area (TPSA) is 58.9 Å². The van der Waals surface area contributed by atoms with Crippen molar-refractivity contribution in [1.82, 2.24) is 15.0 Å². The Morgan fingerprint density at radius 1 is 1.25 bits per heavy atom. The molecule has 1 N–H and O–H groups in total. The Morgan fingerprint density at radius 3 is 2.83 bits per heavy atom. The van der Waals surface area contributed by atoms with Crippen molar-refractivity contribution in [2.24, 2.45) is 5.92 Å². The molecule has 0 aliphatic heterocycles. The minimum atomic E-state index is -0.642. The van der Waals surface area contributed by atoms with Crippen molar-refractivity contribution in [3.8, 4) is 0 Å². The van der Waals surface area contributed by atoms with Gasteiger partial charge in [-0.15, -0.1) is 11.8 Å². The Labute approximate surface area is 153 Å². The summed E-state index contributed by atoms with van der Waals surface area (Å²) in [4.78, 5) is 14.1. The van der Waals surface area contributed by atoms with Crippen LogP contribution in [-0.4, -0.2) is 26.3 Å². The van der Waals surface area contributed by atoms with Crippen molar-refractivity contribution in [2.75, 3.05) is 6.26 Å². The van der Waals surface area contributed by atoms with E-state index in [0.29, 0.717) is 12.1 Å². The second-order valence-electron chi connectivity index (χ2n) is 5.74. The summed E-state index contributed by atoms with van der Waals surface area (Å²) in [6, 6.07) is 10.1. The summed E-state index contributed by atoms with van der Waals surface area (Å²) in [6.45, 7) is 2.00. The third kappa shape index (κ3) is 3.77. The van der Waals surface area contributed by atoms with Gasteiger partial charge in [0.05, 0.1) is 27.5 Å². The third-order valence-corrected chi connectivity index (χ3v) is 5.41. The molecule has 4 nitrogen and oxygen atoms in total. The maximum Gasteiger partial charge on any atom is 0.115 e. The monoisotopic (exact) mass is 403 g/mol. The number of nitrogens with zero attached hydrogens (tertiary/aromatic N) is 3. The number of aromatic nitrogens is 3. The summed E-state index contributed by atoms with van der Waals surface area (Å²) >= 11 is 5.16. The molecule has 0 saturated carbocycles. The number of aliphatic hydroxyl groups is 1. The minimum absolute atomic E-state index is 0.00776. The lowest BCUT2D eigenvalue weighted by molar-refractivity contribution is 0.113. The molecule has 0 amide bonds. The van der Waals surface area contributed by atoms with Gasteiger partial charge in [-0.25, -0.2) is 9.97 Å². The molecular formula is C18H18BrN3OS. The van der Waals surface area contributed by atoms with Crippen LogP contribution in [0.2, 0.25) is 0 Å². The molecule has 2 atom stereocenters. The van der Waals surface area contributed by atoms with Crippen molar-refractivity contribution in [1.29, 1.82) is 0 Å². The molecule has 0 fully saturated rings. The summed E-state index contributed by atoms with van der Waals surface area (Å²) in [6.07, 6.45) is 5.31. The second kappa shape index (κ2) is 7.59. The van der Waals surface area contributed by atoms with E-state index in [0.717, 1.165) is 21.1 Å². The molecule has 0 bridgehead atoms. The molecule has 0 spiro atoms. The first kappa shape index (κ1) is 17.3. The van der Waals surface area contributed by atoms with Crippen molar-refractivity contribution in [3.63, 3.8) is 0 Å². The SMILES string of the molecule is CSc1ccc2nc(C(O)C(C)Cc3ncncc3Br)ccc2c1. The molecule has 2 heterocycles. The Bertz CT molecular complexity index is 859. The molecule has 0 radical (unpaired) electrons. The van der Waals surface area contributed by atoms with Gasteiger partial charge in [0.1, 0.15) is 6.33 Å². The maximum absolute atomic E-state index is 10.7. The summed E-state index contributed by atoms with van der Waals surface area (Å²) in [5.41, 5.74) is 2.48. The number of halogens is 1. The quantitative estimate of drug-likeness (QED) is 0.638. The average molecular weight is 404 g/mol. The first-order valence-corrected chi connectivity index (χ1v) is 9.67. The molecule has 24 heavy (non-hydrogen) atoms. The number of pyridine rings is 1. The molecule has 1 aromatic carbocycles. The van der Waals surface area contributed by atoms with Crippen LogP contribution >= 0.6 is 27.7 Å². The van der Waals surface area contributed by atoms with Crippen LogP contribution in [0, 0.1) is 5.92 Å². The van der Waals surface area contributed by atoms with E-state index < -0.39 is 6.10 Å². The van der Waals surface area contributed by atoms with Crippen molar-refractivity contribution >= 4 is 38.6 Å². The van der Waals surface area contributed by atoms with Crippen LogP contribution in [-0.2, 0) is 6.42 Å². The standard InChI is InChI=1S/C18H18BrN3OS/c1-11(7-17-14(19)9-20-10-21-17)18(23)16-5-3-12-8-13(24-2)4-6-15(12)22-16/h3-6,8-11,18,23H,7H2,1-2H3. The highest BCUT2D eigenvalue weighted by molar-refractivity contribution is 9.10. The molecule has 0 aliphatic carbocycles. The highest BCUT2D eigenvalue weighted by Crippen LogP contribution is 2.28. The average Bonchev–Trinajstić information content (AvgIpc) is 2.62. The molecule has 2 unspecified atom stereocenters. The lowest BCUT2D eigenvalue weighted by Gasteiger charge is -2.19. The normalized spacial score (nSPS) is 13.8. The number of hydrogen-bond acceptors (Lipinski definition) is 5. The number of aliphatic hydroxyl groups excluding tert-OH is 1. The lowest BCUT2D eigenvalue weighted by atomic mass is 9.96. The predicted octanol–water partition coefficient (Wildman–Crippen LogP) is 4.42. The molecule has 0 aliphatic rings. The fourth-order valence-electron chi connectivity index (χ4n) is 2.61. The van der Waals surface area contributed by atoms with Gasteiger partial charge < -0.3 is 5.11 Å². The minimum Gasteiger partial charge on any atom is -0.387 e. The molecule has 6 heteroatoms. The molecule has 3 aromatic rings. The van der Waals surface area contributed by atoms with Gasteiger partial charge in [-0.3, -0.25) is 4.98 Å². The number of fused-ring (bicyclic) bond motifs is 1. The molecular weight excluding hydrogens is 386 g/mol. The van der Waals surface area contributed by atoms with Crippen LogP contribution in [0.5, 0.6) is 0 Å². The smallest absolute Gasteiger partial charge is 0.115 e. The van der Waals surface area contributed by atoms with E-state index in [1.54, 1.807) is 18.0 Å². The Hall–Kier alpha value is -1.50. The Kier molecular flexibility index (Phi) is 5.48. The molecule has 124 valence electrons. The Balaban J connectivity index is 1.82. The van der Waals surface area contributed by atoms with Gasteiger partial charge in [-0.2, -0.15) is 0 Å². The molecule has 0 saturated heterocycles. The zero-order valence-electron chi connectivity index (χ0n) is 13.5. The van der Waals surface area contributed by atoms with Gasteiger partial charge in [0.2, 0.25) is 0 Å². The zero-order valence-corrected chi connectivity index (χ0v) is 15.9. The maximum atomic E-state index is 10.7. The van der Waals surface area contributed by atoms with Gasteiger partial charge in [0, 0.05) is 16.5 Å². The number of rotatable bonds is 5. The lowest BCUT2D eigenvalue weighted by Crippen LogP contribution is -2.14. The highest BCUT2D eigenvalue weighted by Gasteiger charge is 2.20. The Morgan fingerprint density at radius 2 is 2.08 bits per heavy atom. The van der Waals surface area contributed by atoms with Crippen LogP contribution in [0.15, 0.2) is 52.2 Å². The molecule has 3 rings (SSSR count). The van der Waals surface area contributed by atoms with E-state index in [-0.39, 0.29) is 5.92 Å². The van der Waals surface area contributed by atoms with Crippen LogP contribution in [0.25, 0.3) is 10.9 Å². The first-order chi connectivity index (χ1) is 11.6. The number of thioether (sulfide) groups is 1. The van der Waals surface area contributed by atoms with Crippen LogP contribution in [0.4, 0.5) is 0 Å². The summed E-state index contributed by atoms with van der Waals surface area (Å²) in [7, 11) is 0. The van der Waals surface area contributed by atoms with Gasteiger partial charge in [-0.1, -0.05) is 13.0 Å². The fourth-order valence-corrected chi connectivity index (χ4v) is 3.44. The van der Waals surface area contributed by atoms with Gasteiger partial charge in [0.25, 0.3) is 0 Å². The highest BCUT2D eigenvalue weighted by atomic mass is 79.9. The molecule has 2 aromatic heterocycles. The number of benzene rings is 1. The largest absolute Gasteiger partial charge is 0.387 e. The third-order valence-electron chi connectivity index (χ3n) is 4.02. The summed E-state index contributed by atoms with van der Waals surface area (Å²) in [5, 5.41) is 11.8. The van der Waals surface area contributed by atoms with Crippen molar-refractivity contribution < 1.29 is 5.11 Å². The van der Waals surface area contributed by atoms with Crippen LogP contribution in [0.3, 0.4) is 0 Å². The van der Waals surface area contributed by atoms with E-state index in [1.807, 2.05) is 25.1 Å². The fraction of sp³-hybridized carbons (Fsp3) is 0.278. The van der Waals surface area contributed by atoms with Crippen LogP contribution < -0.4 is 0 Å². The zero-order chi connectivity index (χ0) is 17.1.